The SMILES string of the molecule is O=C(Cc1cccs1)N1CC[C@@]2(CCCN(CC3CCC3)C2=O)C1. The van der Waals surface area contributed by atoms with Crippen LogP contribution in [-0.4, -0.2) is 47.8 Å². The Balaban J connectivity index is 1.39. The lowest BCUT2D eigenvalue weighted by Crippen LogP contribution is -2.52. The van der Waals surface area contributed by atoms with E-state index in [4.69, 9.17) is 0 Å². The van der Waals surface area contributed by atoms with Crippen molar-refractivity contribution in [1.29, 1.82) is 0 Å². The molecule has 24 heavy (non-hydrogen) atoms. The van der Waals surface area contributed by atoms with Crippen LogP contribution in [0.25, 0.3) is 0 Å². The summed E-state index contributed by atoms with van der Waals surface area (Å²) in [5, 5.41) is 2.01. The second-order valence-electron chi connectivity index (χ2n) is 7.75. The Labute approximate surface area is 147 Å². The van der Waals surface area contributed by atoms with Gasteiger partial charge in [0.25, 0.3) is 0 Å². The van der Waals surface area contributed by atoms with E-state index in [1.54, 1.807) is 11.3 Å². The van der Waals surface area contributed by atoms with Gasteiger partial charge >= 0.3 is 0 Å². The van der Waals surface area contributed by atoms with Crippen molar-refractivity contribution >= 4 is 23.2 Å². The molecule has 0 unspecified atom stereocenters. The molecule has 130 valence electrons. The fourth-order valence-corrected chi connectivity index (χ4v) is 5.15. The molecule has 2 amide bonds. The van der Waals surface area contributed by atoms with E-state index in [-0.39, 0.29) is 11.3 Å². The summed E-state index contributed by atoms with van der Waals surface area (Å²) in [4.78, 5) is 30.8. The zero-order valence-corrected chi connectivity index (χ0v) is 15.0. The summed E-state index contributed by atoms with van der Waals surface area (Å²) in [6.45, 7) is 3.24. The third kappa shape index (κ3) is 2.99. The summed E-state index contributed by atoms with van der Waals surface area (Å²) in [5.74, 6) is 1.23. The molecular weight excluding hydrogens is 320 g/mol. The molecule has 1 saturated carbocycles. The van der Waals surface area contributed by atoms with Gasteiger partial charge in [-0.05, 0) is 49.5 Å². The molecule has 1 aromatic rings. The molecule has 0 radical (unpaired) electrons. The summed E-state index contributed by atoms with van der Waals surface area (Å²) in [5.41, 5.74) is -0.285. The average molecular weight is 346 g/mol. The maximum absolute atomic E-state index is 13.1. The molecule has 4 rings (SSSR count). The molecule has 3 fully saturated rings. The summed E-state index contributed by atoms with van der Waals surface area (Å²) in [6.07, 6.45) is 7.26. The molecule has 1 aromatic heterocycles. The van der Waals surface area contributed by atoms with Crippen LogP contribution in [0.5, 0.6) is 0 Å². The number of amides is 2. The van der Waals surface area contributed by atoms with Gasteiger partial charge in [-0.25, -0.2) is 0 Å². The number of nitrogens with zero attached hydrogens (tertiary/aromatic N) is 2. The Morgan fingerprint density at radius 2 is 2.12 bits per heavy atom. The lowest BCUT2D eigenvalue weighted by molar-refractivity contribution is -0.147. The highest BCUT2D eigenvalue weighted by molar-refractivity contribution is 7.10. The van der Waals surface area contributed by atoms with Crippen LogP contribution in [0, 0.1) is 11.3 Å². The van der Waals surface area contributed by atoms with Gasteiger partial charge in [0.15, 0.2) is 0 Å². The van der Waals surface area contributed by atoms with E-state index in [1.807, 2.05) is 22.4 Å². The minimum absolute atomic E-state index is 0.179. The third-order valence-electron chi connectivity index (χ3n) is 6.14. The van der Waals surface area contributed by atoms with Crippen molar-refractivity contribution in [2.75, 3.05) is 26.2 Å². The molecule has 3 heterocycles. The topological polar surface area (TPSA) is 40.6 Å². The molecular formula is C19H26N2O2S. The van der Waals surface area contributed by atoms with E-state index in [0.717, 1.165) is 49.7 Å². The second-order valence-corrected chi connectivity index (χ2v) is 8.79. The van der Waals surface area contributed by atoms with Gasteiger partial charge in [0.05, 0.1) is 11.8 Å². The van der Waals surface area contributed by atoms with Crippen LogP contribution in [0.4, 0.5) is 0 Å². The molecule has 0 bridgehead atoms. The van der Waals surface area contributed by atoms with E-state index < -0.39 is 0 Å². The molecule has 1 spiro atoms. The highest BCUT2D eigenvalue weighted by atomic mass is 32.1. The first-order valence-corrected chi connectivity index (χ1v) is 10.1. The van der Waals surface area contributed by atoms with Crippen LogP contribution < -0.4 is 0 Å². The van der Waals surface area contributed by atoms with E-state index in [1.165, 1.54) is 19.3 Å². The zero-order valence-electron chi connectivity index (χ0n) is 14.2. The monoisotopic (exact) mass is 346 g/mol. The molecule has 0 aromatic carbocycles. The lowest BCUT2D eigenvalue weighted by Gasteiger charge is -2.42. The minimum Gasteiger partial charge on any atom is -0.342 e. The zero-order chi connectivity index (χ0) is 16.6. The maximum Gasteiger partial charge on any atom is 0.230 e. The van der Waals surface area contributed by atoms with E-state index in [2.05, 4.69) is 4.90 Å². The van der Waals surface area contributed by atoms with E-state index in [9.17, 15) is 9.59 Å². The molecule has 2 aliphatic heterocycles. The summed E-state index contributed by atoms with van der Waals surface area (Å²) >= 11 is 1.63. The number of piperidine rings is 1. The molecule has 3 aliphatic rings. The molecule has 4 nitrogen and oxygen atoms in total. The van der Waals surface area contributed by atoms with E-state index >= 15 is 0 Å². The first-order valence-electron chi connectivity index (χ1n) is 9.26. The van der Waals surface area contributed by atoms with Crippen LogP contribution in [-0.2, 0) is 16.0 Å². The fourth-order valence-electron chi connectivity index (χ4n) is 4.45. The van der Waals surface area contributed by atoms with Crippen LogP contribution in [0.1, 0.15) is 43.4 Å². The Kier molecular flexibility index (Phi) is 4.37. The number of hydrogen-bond donors (Lipinski definition) is 0. The van der Waals surface area contributed by atoms with Crippen molar-refractivity contribution in [2.45, 2.75) is 44.9 Å². The number of rotatable bonds is 4. The Bertz CT molecular complexity index is 611. The van der Waals surface area contributed by atoms with Gasteiger partial charge in [0, 0.05) is 31.1 Å². The van der Waals surface area contributed by atoms with Crippen molar-refractivity contribution < 1.29 is 9.59 Å². The molecule has 1 aliphatic carbocycles. The summed E-state index contributed by atoms with van der Waals surface area (Å²) in [7, 11) is 0. The second kappa shape index (κ2) is 6.51. The smallest absolute Gasteiger partial charge is 0.230 e. The van der Waals surface area contributed by atoms with Gasteiger partial charge in [-0.2, -0.15) is 0 Å². The summed E-state index contributed by atoms with van der Waals surface area (Å²) < 4.78 is 0. The van der Waals surface area contributed by atoms with E-state index in [0.29, 0.717) is 18.9 Å². The first kappa shape index (κ1) is 16.1. The highest BCUT2D eigenvalue weighted by Crippen LogP contribution is 2.41. The third-order valence-corrected chi connectivity index (χ3v) is 7.02. The highest BCUT2D eigenvalue weighted by Gasteiger charge is 2.49. The number of carbonyl (C=O) groups excluding carboxylic acids is 2. The molecule has 1 atom stereocenters. The van der Waals surface area contributed by atoms with Gasteiger partial charge in [0.2, 0.25) is 11.8 Å². The molecule has 2 saturated heterocycles. The molecule has 5 heteroatoms. The van der Waals surface area contributed by atoms with Crippen LogP contribution in [0.3, 0.4) is 0 Å². The van der Waals surface area contributed by atoms with Crippen LogP contribution in [0.15, 0.2) is 17.5 Å². The van der Waals surface area contributed by atoms with Gasteiger partial charge in [-0.15, -0.1) is 11.3 Å². The van der Waals surface area contributed by atoms with Crippen LogP contribution in [0.2, 0.25) is 0 Å². The van der Waals surface area contributed by atoms with Crippen molar-refractivity contribution in [1.82, 2.24) is 9.80 Å². The lowest BCUT2D eigenvalue weighted by atomic mass is 9.77. The summed E-state index contributed by atoms with van der Waals surface area (Å²) in [6, 6.07) is 4.00. The van der Waals surface area contributed by atoms with Gasteiger partial charge in [-0.1, -0.05) is 12.5 Å². The predicted octanol–water partition coefficient (Wildman–Crippen LogP) is 2.93. The fraction of sp³-hybridized carbons (Fsp3) is 0.684. The average Bonchev–Trinajstić information content (AvgIpc) is 3.18. The van der Waals surface area contributed by atoms with Gasteiger partial charge in [0.1, 0.15) is 0 Å². The Morgan fingerprint density at radius 1 is 1.25 bits per heavy atom. The van der Waals surface area contributed by atoms with Crippen molar-refractivity contribution in [3.63, 3.8) is 0 Å². The number of likely N-dealkylation sites (tertiary alicyclic amines) is 2. The first-order chi connectivity index (χ1) is 11.7. The predicted molar refractivity (Wildman–Crippen MR) is 94.8 cm³/mol. The maximum atomic E-state index is 13.1. The number of carbonyl (C=O) groups is 2. The number of thiophene rings is 1. The van der Waals surface area contributed by atoms with Crippen LogP contribution >= 0.6 is 11.3 Å². The standard InChI is InChI=1S/C19H26N2O2S/c22-17(12-16-6-2-11-24-16)21-10-8-19(14-21)7-3-9-20(18(19)23)13-15-4-1-5-15/h2,6,11,15H,1,3-5,7-10,12-14H2/t19-/m0/s1. The van der Waals surface area contributed by atoms with Crippen molar-refractivity contribution in [3.05, 3.63) is 22.4 Å². The Hall–Kier alpha value is -1.36. The van der Waals surface area contributed by atoms with Gasteiger partial charge in [-0.3, -0.25) is 9.59 Å². The van der Waals surface area contributed by atoms with Crippen molar-refractivity contribution in [2.24, 2.45) is 11.3 Å². The Morgan fingerprint density at radius 3 is 2.83 bits per heavy atom. The normalized spacial score (nSPS) is 27.8. The van der Waals surface area contributed by atoms with Crippen molar-refractivity contribution in [3.8, 4) is 0 Å². The quantitative estimate of drug-likeness (QED) is 0.841. The molecule has 0 N–H and O–H groups in total. The van der Waals surface area contributed by atoms with Gasteiger partial charge < -0.3 is 9.80 Å². The minimum atomic E-state index is -0.285. The number of hydrogen-bond acceptors (Lipinski definition) is 3. The largest absolute Gasteiger partial charge is 0.342 e.